The van der Waals surface area contributed by atoms with E-state index in [4.69, 9.17) is 21.1 Å². The van der Waals surface area contributed by atoms with Crippen molar-refractivity contribution in [2.45, 2.75) is 44.1 Å². The molecule has 4 rings (SSSR count). The van der Waals surface area contributed by atoms with Crippen molar-refractivity contribution in [2.75, 3.05) is 36.6 Å². The molecule has 14 heteroatoms. The molecule has 234 valence electrons. The number of ether oxygens (including phenoxy) is 2. The van der Waals surface area contributed by atoms with Crippen molar-refractivity contribution in [2.24, 2.45) is 5.92 Å². The van der Waals surface area contributed by atoms with E-state index in [1.54, 1.807) is 37.8 Å². The summed E-state index contributed by atoms with van der Waals surface area (Å²) >= 11 is 5.86. The normalized spacial score (nSPS) is 15.3. The average Bonchev–Trinajstić information content (AvgIpc) is 2.96. The molecule has 3 heterocycles. The Morgan fingerprint density at radius 3 is 2.52 bits per heavy atom. The molecule has 3 amide bonds. The van der Waals surface area contributed by atoms with Crippen molar-refractivity contribution in [1.29, 1.82) is 0 Å². The van der Waals surface area contributed by atoms with Gasteiger partial charge in [-0.1, -0.05) is 11.6 Å². The number of hydrogen-bond donors (Lipinski definition) is 2. The number of pyridine rings is 2. The summed E-state index contributed by atoms with van der Waals surface area (Å²) in [6.07, 6.45) is 4.93. The Labute approximate surface area is 261 Å². The summed E-state index contributed by atoms with van der Waals surface area (Å²) < 4.78 is 36.2. The molecule has 44 heavy (non-hydrogen) atoms. The van der Waals surface area contributed by atoms with Crippen molar-refractivity contribution >= 4 is 50.9 Å². The number of amides is 3. The lowest BCUT2D eigenvalue weighted by atomic mass is 9.99. The molecule has 1 aliphatic rings. The number of aromatic nitrogens is 2. The molecular weight excluding hydrogens is 610 g/mol. The summed E-state index contributed by atoms with van der Waals surface area (Å²) in [7, 11) is -3.62. The summed E-state index contributed by atoms with van der Waals surface area (Å²) in [4.78, 5) is 48.8. The van der Waals surface area contributed by atoms with Gasteiger partial charge in [0.05, 0.1) is 27.8 Å². The zero-order chi connectivity index (χ0) is 32.1. The van der Waals surface area contributed by atoms with E-state index < -0.39 is 33.3 Å². The highest BCUT2D eigenvalue weighted by Gasteiger charge is 2.29. The van der Waals surface area contributed by atoms with Gasteiger partial charge in [-0.3, -0.25) is 9.59 Å². The molecule has 1 aromatic carbocycles. The van der Waals surface area contributed by atoms with Crippen LogP contribution < -0.4 is 15.4 Å². The second-order valence-electron chi connectivity index (χ2n) is 11.3. The molecule has 1 saturated heterocycles. The first kappa shape index (κ1) is 32.7. The van der Waals surface area contributed by atoms with Gasteiger partial charge in [0.2, 0.25) is 0 Å². The first-order valence-electron chi connectivity index (χ1n) is 13.8. The van der Waals surface area contributed by atoms with E-state index in [2.05, 4.69) is 20.6 Å². The van der Waals surface area contributed by atoms with Crippen LogP contribution in [0.3, 0.4) is 0 Å². The SMILES string of the molecule is CC(C)(C)OC(=O)N1CCCC(COc2cc(S(C)(=O)=O)ccc2C(=O)Nc2cccnc2C(=O)Nc2ccc(Cl)cn2)C1. The molecule has 0 spiro atoms. The van der Waals surface area contributed by atoms with E-state index in [-0.39, 0.29) is 45.9 Å². The topological polar surface area (TPSA) is 157 Å². The predicted molar refractivity (Wildman–Crippen MR) is 165 cm³/mol. The van der Waals surface area contributed by atoms with Crippen LogP contribution in [0.2, 0.25) is 5.02 Å². The van der Waals surface area contributed by atoms with E-state index in [1.165, 1.54) is 42.7 Å². The smallest absolute Gasteiger partial charge is 0.410 e. The molecule has 2 N–H and O–H groups in total. The summed E-state index contributed by atoms with van der Waals surface area (Å²) in [5.41, 5.74) is -0.539. The molecule has 1 fully saturated rings. The van der Waals surface area contributed by atoms with Gasteiger partial charge in [0.1, 0.15) is 17.2 Å². The van der Waals surface area contributed by atoms with Crippen LogP contribution in [0.5, 0.6) is 5.75 Å². The molecule has 0 bridgehead atoms. The minimum Gasteiger partial charge on any atom is -0.492 e. The van der Waals surface area contributed by atoms with Gasteiger partial charge in [-0.15, -0.1) is 0 Å². The molecule has 2 aromatic heterocycles. The van der Waals surface area contributed by atoms with Gasteiger partial charge in [0.15, 0.2) is 15.5 Å². The Bertz CT molecular complexity index is 1640. The number of sulfone groups is 1. The Morgan fingerprint density at radius 2 is 1.84 bits per heavy atom. The Hall–Kier alpha value is -4.23. The zero-order valence-electron chi connectivity index (χ0n) is 24.8. The number of benzene rings is 1. The number of nitrogens with one attached hydrogen (secondary N) is 2. The Balaban J connectivity index is 1.52. The number of anilines is 2. The van der Waals surface area contributed by atoms with Crippen LogP contribution in [-0.2, 0) is 14.6 Å². The van der Waals surface area contributed by atoms with E-state index in [1.807, 2.05) is 0 Å². The highest BCUT2D eigenvalue weighted by atomic mass is 35.5. The second kappa shape index (κ2) is 13.6. The third-order valence-electron chi connectivity index (χ3n) is 6.51. The number of piperidine rings is 1. The third-order valence-corrected chi connectivity index (χ3v) is 7.84. The number of carbonyl (C=O) groups is 3. The summed E-state index contributed by atoms with van der Waals surface area (Å²) in [6, 6.07) is 10.1. The van der Waals surface area contributed by atoms with Gasteiger partial charge in [-0.25, -0.2) is 23.2 Å². The minimum absolute atomic E-state index is 0.0278. The molecule has 1 atom stereocenters. The number of carbonyl (C=O) groups excluding carboxylic acids is 3. The number of rotatable bonds is 8. The zero-order valence-corrected chi connectivity index (χ0v) is 26.4. The van der Waals surface area contributed by atoms with Gasteiger partial charge >= 0.3 is 6.09 Å². The standard InChI is InChI=1S/C30H34ClN5O7S/c1-30(2,3)43-29(39)36-14-6-7-19(17-36)18-42-24-15-21(44(4,40)41)10-11-22(24)27(37)34-23-8-5-13-32-26(23)28(38)35-25-12-9-20(31)16-33-25/h5,8-13,15-16,19H,6-7,14,17-18H2,1-4H3,(H,34,37)(H,33,35,38). The van der Waals surface area contributed by atoms with E-state index in [9.17, 15) is 22.8 Å². The molecule has 3 aromatic rings. The molecule has 12 nitrogen and oxygen atoms in total. The van der Waals surface area contributed by atoms with Crippen molar-refractivity contribution in [3.63, 3.8) is 0 Å². The van der Waals surface area contributed by atoms with Crippen LogP contribution in [0.15, 0.2) is 59.8 Å². The second-order valence-corrected chi connectivity index (χ2v) is 13.8. The van der Waals surface area contributed by atoms with Crippen molar-refractivity contribution in [1.82, 2.24) is 14.9 Å². The number of nitrogens with zero attached hydrogens (tertiary/aromatic N) is 3. The average molecular weight is 644 g/mol. The van der Waals surface area contributed by atoms with Crippen molar-refractivity contribution in [3.8, 4) is 5.75 Å². The van der Waals surface area contributed by atoms with Crippen LogP contribution in [0.1, 0.15) is 54.5 Å². The lowest BCUT2D eigenvalue weighted by Gasteiger charge is -2.34. The summed E-state index contributed by atoms with van der Waals surface area (Å²) in [5, 5.41) is 5.68. The van der Waals surface area contributed by atoms with Crippen molar-refractivity contribution < 1.29 is 32.3 Å². The monoisotopic (exact) mass is 643 g/mol. The lowest BCUT2D eigenvalue weighted by molar-refractivity contribution is 0.0139. The summed E-state index contributed by atoms with van der Waals surface area (Å²) in [6.45, 7) is 6.47. The maximum atomic E-state index is 13.5. The predicted octanol–water partition coefficient (Wildman–Crippen LogP) is 5.06. The van der Waals surface area contributed by atoms with Crippen LogP contribution in [0.25, 0.3) is 0 Å². The first-order chi connectivity index (χ1) is 20.7. The Kier molecular flexibility index (Phi) is 10.1. The highest BCUT2D eigenvalue weighted by Crippen LogP contribution is 2.27. The molecule has 1 unspecified atom stereocenters. The van der Waals surface area contributed by atoms with Gasteiger partial charge in [0, 0.05) is 37.7 Å². The fourth-order valence-electron chi connectivity index (χ4n) is 4.44. The third kappa shape index (κ3) is 8.89. The molecule has 0 saturated carbocycles. The Morgan fingerprint density at radius 1 is 1.07 bits per heavy atom. The van der Waals surface area contributed by atoms with Gasteiger partial charge in [-0.05, 0) is 76.1 Å². The summed E-state index contributed by atoms with van der Waals surface area (Å²) in [5.74, 6) is -1.07. The number of halogens is 1. The van der Waals surface area contributed by atoms with Crippen molar-refractivity contribution in [3.05, 3.63) is 71.1 Å². The fourth-order valence-corrected chi connectivity index (χ4v) is 5.19. The molecule has 1 aliphatic heterocycles. The fraction of sp³-hybridized carbons (Fsp3) is 0.367. The van der Waals surface area contributed by atoms with Crippen LogP contribution in [0.4, 0.5) is 16.3 Å². The van der Waals surface area contributed by atoms with E-state index >= 15 is 0 Å². The highest BCUT2D eigenvalue weighted by molar-refractivity contribution is 7.90. The van der Waals surface area contributed by atoms with Gasteiger partial charge in [0.25, 0.3) is 11.8 Å². The van der Waals surface area contributed by atoms with Gasteiger partial charge < -0.3 is 25.0 Å². The van der Waals surface area contributed by atoms with E-state index in [0.29, 0.717) is 18.1 Å². The maximum absolute atomic E-state index is 13.5. The molecule has 0 radical (unpaired) electrons. The largest absolute Gasteiger partial charge is 0.492 e. The van der Waals surface area contributed by atoms with E-state index in [0.717, 1.165) is 19.1 Å². The van der Waals surface area contributed by atoms with Crippen LogP contribution >= 0.6 is 11.6 Å². The van der Waals surface area contributed by atoms with Gasteiger partial charge in [-0.2, -0.15) is 0 Å². The quantitative estimate of drug-likeness (QED) is 0.342. The number of likely N-dealkylation sites (tertiary alicyclic amines) is 1. The first-order valence-corrected chi connectivity index (χ1v) is 16.1. The molecular formula is C30H34ClN5O7S. The number of hydrogen-bond acceptors (Lipinski definition) is 9. The minimum atomic E-state index is -3.62. The molecule has 0 aliphatic carbocycles. The van der Waals surface area contributed by atoms with Crippen LogP contribution in [-0.4, -0.2) is 72.7 Å². The maximum Gasteiger partial charge on any atom is 0.410 e. The van der Waals surface area contributed by atoms with Crippen LogP contribution in [0, 0.1) is 5.92 Å². The lowest BCUT2D eigenvalue weighted by Crippen LogP contribution is -2.44.